The highest BCUT2D eigenvalue weighted by Crippen LogP contribution is 2.23. The zero-order chi connectivity index (χ0) is 21.4. The molecule has 30 heavy (non-hydrogen) atoms. The number of benzene rings is 2. The fourth-order valence-corrected chi connectivity index (χ4v) is 5.01. The third kappa shape index (κ3) is 6.31. The topological polar surface area (TPSA) is 75.7 Å². The molecule has 2 aromatic rings. The molecule has 0 saturated carbocycles. The van der Waals surface area contributed by atoms with Gasteiger partial charge in [0.15, 0.2) is 0 Å². The normalized spacial score (nSPS) is 15.4. The van der Waals surface area contributed by atoms with Crippen molar-refractivity contribution in [2.24, 2.45) is 0 Å². The lowest BCUT2D eigenvalue weighted by molar-refractivity contribution is -0.116. The number of hydrogen-bond acceptors (Lipinski definition) is 4. The standard InChI is InChI=1S/C23H30N2O4S/c1-19-11-13-21(14-12-19)29-17-7-10-23(26)24-20-8-6-9-22(18-20)30(27,28)25-15-4-2-3-5-16-25/h6,8-9,11-14,18H,2-5,7,10,15-17H2,1H3,(H,24,26). The molecular formula is C23H30N2O4S. The molecule has 7 heteroatoms. The van der Waals surface area contributed by atoms with Gasteiger partial charge in [0.05, 0.1) is 11.5 Å². The third-order valence-corrected chi connectivity index (χ3v) is 7.05. The van der Waals surface area contributed by atoms with Crippen LogP contribution in [-0.2, 0) is 14.8 Å². The molecule has 1 heterocycles. The first-order valence-electron chi connectivity index (χ1n) is 10.5. The van der Waals surface area contributed by atoms with E-state index in [4.69, 9.17) is 4.74 Å². The Hall–Kier alpha value is -2.38. The maximum absolute atomic E-state index is 12.9. The second-order valence-electron chi connectivity index (χ2n) is 7.66. The fourth-order valence-electron chi connectivity index (χ4n) is 3.45. The van der Waals surface area contributed by atoms with Crippen molar-refractivity contribution < 1.29 is 17.9 Å². The van der Waals surface area contributed by atoms with Gasteiger partial charge >= 0.3 is 0 Å². The van der Waals surface area contributed by atoms with Crippen LogP contribution in [0.3, 0.4) is 0 Å². The van der Waals surface area contributed by atoms with Crippen molar-refractivity contribution in [1.29, 1.82) is 0 Å². The van der Waals surface area contributed by atoms with E-state index >= 15 is 0 Å². The van der Waals surface area contributed by atoms with Crippen molar-refractivity contribution in [1.82, 2.24) is 4.31 Å². The zero-order valence-electron chi connectivity index (χ0n) is 17.5. The number of ether oxygens (including phenoxy) is 1. The van der Waals surface area contributed by atoms with Gasteiger partial charge in [-0.1, -0.05) is 36.6 Å². The van der Waals surface area contributed by atoms with Gasteiger partial charge in [0.2, 0.25) is 15.9 Å². The molecule has 1 aliphatic heterocycles. The summed E-state index contributed by atoms with van der Waals surface area (Å²) in [5.41, 5.74) is 1.66. The number of anilines is 1. The van der Waals surface area contributed by atoms with Gasteiger partial charge in [-0.3, -0.25) is 4.79 Å². The first-order valence-corrected chi connectivity index (χ1v) is 12.0. The van der Waals surface area contributed by atoms with E-state index in [-0.39, 0.29) is 10.8 Å². The summed E-state index contributed by atoms with van der Waals surface area (Å²) in [6, 6.07) is 14.3. The second kappa shape index (κ2) is 10.6. The molecule has 6 nitrogen and oxygen atoms in total. The van der Waals surface area contributed by atoms with Crippen LogP contribution < -0.4 is 10.1 Å². The van der Waals surface area contributed by atoms with Gasteiger partial charge in [-0.05, 0) is 56.5 Å². The number of amides is 1. The second-order valence-corrected chi connectivity index (χ2v) is 9.60. The van der Waals surface area contributed by atoms with Gasteiger partial charge in [0.1, 0.15) is 5.75 Å². The monoisotopic (exact) mass is 430 g/mol. The van der Waals surface area contributed by atoms with Crippen LogP contribution in [0, 0.1) is 6.92 Å². The Kier molecular flexibility index (Phi) is 7.87. The molecule has 1 saturated heterocycles. The minimum atomic E-state index is -3.54. The van der Waals surface area contributed by atoms with Crippen LogP contribution in [0.4, 0.5) is 5.69 Å². The number of rotatable bonds is 8. The highest BCUT2D eigenvalue weighted by molar-refractivity contribution is 7.89. The number of aryl methyl sites for hydroxylation is 1. The quantitative estimate of drug-likeness (QED) is 0.632. The minimum absolute atomic E-state index is 0.160. The molecule has 0 spiro atoms. The molecule has 0 unspecified atom stereocenters. The maximum Gasteiger partial charge on any atom is 0.243 e. The molecule has 0 bridgehead atoms. The molecule has 0 atom stereocenters. The smallest absolute Gasteiger partial charge is 0.243 e. The van der Waals surface area contributed by atoms with Crippen molar-refractivity contribution >= 4 is 21.6 Å². The number of hydrogen-bond donors (Lipinski definition) is 1. The molecule has 2 aromatic carbocycles. The molecule has 1 amide bonds. The lowest BCUT2D eigenvalue weighted by atomic mass is 10.2. The summed E-state index contributed by atoms with van der Waals surface area (Å²) < 4.78 is 33.1. The molecule has 1 aliphatic rings. The first-order chi connectivity index (χ1) is 14.4. The van der Waals surface area contributed by atoms with Crippen LogP contribution in [-0.4, -0.2) is 38.3 Å². The average Bonchev–Trinajstić information content (AvgIpc) is 3.03. The zero-order valence-corrected chi connectivity index (χ0v) is 18.3. The van der Waals surface area contributed by atoms with Crippen molar-refractivity contribution in [3.63, 3.8) is 0 Å². The Balaban J connectivity index is 1.51. The van der Waals surface area contributed by atoms with Crippen molar-refractivity contribution in [3.05, 3.63) is 54.1 Å². The Morgan fingerprint density at radius 3 is 2.43 bits per heavy atom. The van der Waals surface area contributed by atoms with E-state index in [0.717, 1.165) is 31.4 Å². The van der Waals surface area contributed by atoms with E-state index in [0.29, 0.717) is 38.2 Å². The van der Waals surface area contributed by atoms with Crippen LogP contribution in [0.1, 0.15) is 44.1 Å². The van der Waals surface area contributed by atoms with Crippen LogP contribution in [0.2, 0.25) is 0 Å². The predicted octanol–water partition coefficient (Wildman–Crippen LogP) is 4.36. The van der Waals surface area contributed by atoms with E-state index in [9.17, 15) is 13.2 Å². The third-order valence-electron chi connectivity index (χ3n) is 5.16. The van der Waals surface area contributed by atoms with E-state index < -0.39 is 10.0 Å². The molecule has 1 N–H and O–H groups in total. The molecule has 0 aliphatic carbocycles. The van der Waals surface area contributed by atoms with Crippen molar-refractivity contribution in [3.8, 4) is 5.75 Å². The predicted molar refractivity (Wildman–Crippen MR) is 118 cm³/mol. The van der Waals surface area contributed by atoms with Crippen molar-refractivity contribution in [2.45, 2.75) is 50.3 Å². The Morgan fingerprint density at radius 2 is 1.73 bits per heavy atom. The van der Waals surface area contributed by atoms with E-state index in [1.165, 1.54) is 5.56 Å². The Labute approximate surface area is 179 Å². The largest absolute Gasteiger partial charge is 0.494 e. The number of sulfonamides is 1. The fraction of sp³-hybridized carbons (Fsp3) is 0.435. The van der Waals surface area contributed by atoms with Crippen LogP contribution in [0.15, 0.2) is 53.4 Å². The Morgan fingerprint density at radius 1 is 1.03 bits per heavy atom. The van der Waals surface area contributed by atoms with Crippen molar-refractivity contribution in [2.75, 3.05) is 25.0 Å². The lowest BCUT2D eigenvalue weighted by Crippen LogP contribution is -2.32. The van der Waals surface area contributed by atoms with Gasteiger partial charge < -0.3 is 10.1 Å². The van der Waals surface area contributed by atoms with Gasteiger partial charge in [-0.25, -0.2) is 8.42 Å². The van der Waals surface area contributed by atoms with Crippen LogP contribution in [0.5, 0.6) is 5.75 Å². The summed E-state index contributed by atoms with van der Waals surface area (Å²) in [5.74, 6) is 0.624. The summed E-state index contributed by atoms with van der Waals surface area (Å²) in [7, 11) is -3.54. The first kappa shape index (κ1) is 22.3. The molecule has 162 valence electrons. The summed E-state index contributed by atoms with van der Waals surface area (Å²) >= 11 is 0. The SMILES string of the molecule is Cc1ccc(OCCCC(=O)Nc2cccc(S(=O)(=O)N3CCCCCC3)c2)cc1. The number of nitrogens with zero attached hydrogens (tertiary/aromatic N) is 1. The molecular weight excluding hydrogens is 400 g/mol. The molecule has 0 radical (unpaired) electrons. The number of carbonyl (C=O) groups is 1. The van der Waals surface area contributed by atoms with Gasteiger partial charge in [-0.15, -0.1) is 0 Å². The summed E-state index contributed by atoms with van der Waals surface area (Å²) in [4.78, 5) is 12.5. The average molecular weight is 431 g/mol. The van der Waals surface area contributed by atoms with Gasteiger partial charge in [-0.2, -0.15) is 4.31 Å². The lowest BCUT2D eigenvalue weighted by Gasteiger charge is -2.20. The molecule has 3 rings (SSSR count). The number of nitrogens with one attached hydrogen (secondary N) is 1. The Bertz CT molecular complexity index is 934. The number of carbonyl (C=O) groups excluding carboxylic acids is 1. The maximum atomic E-state index is 12.9. The van der Waals surface area contributed by atoms with Gasteiger partial charge in [0.25, 0.3) is 0 Å². The summed E-state index contributed by atoms with van der Waals surface area (Å²) in [6.07, 6.45) is 4.78. The summed E-state index contributed by atoms with van der Waals surface area (Å²) in [6.45, 7) is 3.57. The highest BCUT2D eigenvalue weighted by Gasteiger charge is 2.25. The van der Waals surface area contributed by atoms with E-state index in [1.54, 1.807) is 28.6 Å². The van der Waals surface area contributed by atoms with Gasteiger partial charge in [0, 0.05) is 25.2 Å². The highest BCUT2D eigenvalue weighted by atomic mass is 32.2. The van der Waals surface area contributed by atoms with Crippen LogP contribution in [0.25, 0.3) is 0 Å². The summed E-state index contributed by atoms with van der Waals surface area (Å²) in [5, 5.41) is 2.80. The minimum Gasteiger partial charge on any atom is -0.494 e. The van der Waals surface area contributed by atoms with Crippen LogP contribution >= 0.6 is 0 Å². The molecule has 1 fully saturated rings. The molecule has 0 aromatic heterocycles. The van der Waals surface area contributed by atoms with E-state index in [1.807, 2.05) is 31.2 Å². The van der Waals surface area contributed by atoms with E-state index in [2.05, 4.69) is 5.32 Å².